The molecule has 0 N–H and O–H groups in total. The maximum atomic E-state index is 12.2. The maximum absolute atomic E-state index is 12.2. The standard InChI is InChI=1S/C23H28N2O2/c1-19(26)25-16-21-10-5-6-11-22(21)27-23(18-25)13-7-14-24(17-23)15-12-20-8-3-2-4-9-20/h2-6,8-11H,7,12-18H2,1H3/t23-/m1/s1. The lowest BCUT2D eigenvalue weighted by Gasteiger charge is -2.43. The van der Waals surface area contributed by atoms with Crippen LogP contribution < -0.4 is 4.74 Å². The molecule has 2 aliphatic rings. The number of ether oxygens (including phenoxy) is 1. The van der Waals surface area contributed by atoms with Crippen molar-refractivity contribution >= 4 is 5.91 Å². The lowest BCUT2D eigenvalue weighted by Crippen LogP contribution is -2.57. The van der Waals surface area contributed by atoms with Crippen LogP contribution in [0.1, 0.15) is 30.9 Å². The second-order valence-electron chi connectivity index (χ2n) is 7.88. The van der Waals surface area contributed by atoms with E-state index in [0.29, 0.717) is 13.1 Å². The molecule has 2 heterocycles. The normalized spacial score (nSPS) is 22.8. The van der Waals surface area contributed by atoms with Crippen LogP contribution in [0.25, 0.3) is 0 Å². The number of rotatable bonds is 3. The van der Waals surface area contributed by atoms with Crippen LogP contribution >= 0.6 is 0 Å². The predicted molar refractivity (Wildman–Crippen MR) is 107 cm³/mol. The third-order valence-electron chi connectivity index (χ3n) is 5.76. The van der Waals surface area contributed by atoms with E-state index >= 15 is 0 Å². The summed E-state index contributed by atoms with van der Waals surface area (Å²) in [5.41, 5.74) is 2.16. The number of nitrogens with zero attached hydrogens (tertiary/aromatic N) is 2. The smallest absolute Gasteiger partial charge is 0.219 e. The highest BCUT2D eigenvalue weighted by atomic mass is 16.5. The van der Waals surface area contributed by atoms with Crippen LogP contribution in [0.15, 0.2) is 54.6 Å². The Hall–Kier alpha value is -2.33. The molecule has 0 unspecified atom stereocenters. The molecule has 2 aromatic rings. The quantitative estimate of drug-likeness (QED) is 0.836. The minimum absolute atomic E-state index is 0.121. The Balaban J connectivity index is 1.52. The minimum atomic E-state index is -0.312. The average Bonchev–Trinajstić information content (AvgIpc) is 2.84. The summed E-state index contributed by atoms with van der Waals surface area (Å²) in [6, 6.07) is 18.8. The Labute approximate surface area is 161 Å². The maximum Gasteiger partial charge on any atom is 0.219 e. The van der Waals surface area contributed by atoms with Crippen molar-refractivity contribution in [3.8, 4) is 5.75 Å². The fourth-order valence-corrected chi connectivity index (χ4v) is 4.36. The summed E-state index contributed by atoms with van der Waals surface area (Å²) < 4.78 is 6.61. The van der Waals surface area contributed by atoms with Crippen LogP contribution in [-0.4, -0.2) is 47.5 Å². The molecule has 1 spiro atoms. The van der Waals surface area contributed by atoms with Gasteiger partial charge in [0.1, 0.15) is 11.4 Å². The number of para-hydroxylation sites is 1. The summed E-state index contributed by atoms with van der Waals surface area (Å²) in [7, 11) is 0. The average molecular weight is 364 g/mol. The number of carbonyl (C=O) groups is 1. The van der Waals surface area contributed by atoms with Gasteiger partial charge in [0.05, 0.1) is 6.54 Å². The van der Waals surface area contributed by atoms with Crippen molar-refractivity contribution in [2.24, 2.45) is 0 Å². The first kappa shape index (κ1) is 18.1. The van der Waals surface area contributed by atoms with E-state index in [9.17, 15) is 4.79 Å². The van der Waals surface area contributed by atoms with Crippen LogP contribution in [0.5, 0.6) is 5.75 Å². The van der Waals surface area contributed by atoms with Gasteiger partial charge in [0, 0.05) is 32.1 Å². The van der Waals surface area contributed by atoms with Gasteiger partial charge in [-0.15, -0.1) is 0 Å². The van der Waals surface area contributed by atoms with Crippen molar-refractivity contribution in [3.63, 3.8) is 0 Å². The fraction of sp³-hybridized carbons (Fsp3) is 0.435. The highest BCUT2D eigenvalue weighted by molar-refractivity contribution is 5.73. The monoisotopic (exact) mass is 364 g/mol. The molecule has 0 bridgehead atoms. The lowest BCUT2D eigenvalue weighted by molar-refractivity contribution is -0.133. The van der Waals surface area contributed by atoms with Crippen molar-refractivity contribution in [2.45, 2.75) is 38.3 Å². The van der Waals surface area contributed by atoms with Crippen LogP contribution in [-0.2, 0) is 17.8 Å². The van der Waals surface area contributed by atoms with E-state index in [-0.39, 0.29) is 11.5 Å². The van der Waals surface area contributed by atoms with E-state index in [1.165, 1.54) is 5.56 Å². The minimum Gasteiger partial charge on any atom is -0.484 e. The van der Waals surface area contributed by atoms with E-state index in [1.807, 2.05) is 23.1 Å². The number of likely N-dealkylation sites (tertiary alicyclic amines) is 1. The van der Waals surface area contributed by atoms with E-state index in [4.69, 9.17) is 4.74 Å². The summed E-state index contributed by atoms with van der Waals surface area (Å²) in [4.78, 5) is 16.7. The molecule has 0 saturated carbocycles. The van der Waals surface area contributed by atoms with Crippen molar-refractivity contribution < 1.29 is 9.53 Å². The van der Waals surface area contributed by atoms with E-state index in [0.717, 1.165) is 50.2 Å². The highest BCUT2D eigenvalue weighted by Crippen LogP contribution is 2.34. The third kappa shape index (κ3) is 4.16. The summed E-state index contributed by atoms with van der Waals surface area (Å²) in [5.74, 6) is 1.06. The molecule has 1 amide bonds. The molecule has 27 heavy (non-hydrogen) atoms. The van der Waals surface area contributed by atoms with Gasteiger partial charge < -0.3 is 9.64 Å². The Morgan fingerprint density at radius 3 is 2.67 bits per heavy atom. The van der Waals surface area contributed by atoms with E-state index in [1.54, 1.807) is 6.92 Å². The van der Waals surface area contributed by atoms with E-state index in [2.05, 4.69) is 41.3 Å². The first-order chi connectivity index (χ1) is 13.1. The SMILES string of the molecule is CC(=O)N1Cc2ccccc2O[C@@]2(CCCN(CCc3ccccc3)C2)C1. The first-order valence-corrected chi connectivity index (χ1v) is 9.92. The van der Waals surface area contributed by atoms with Gasteiger partial charge in [0.15, 0.2) is 0 Å². The molecule has 4 heteroatoms. The third-order valence-corrected chi connectivity index (χ3v) is 5.76. The Bertz CT molecular complexity index is 792. The lowest BCUT2D eigenvalue weighted by atomic mass is 9.91. The highest BCUT2D eigenvalue weighted by Gasteiger charge is 2.42. The number of amides is 1. The molecular formula is C23H28N2O2. The van der Waals surface area contributed by atoms with E-state index < -0.39 is 0 Å². The van der Waals surface area contributed by atoms with Crippen molar-refractivity contribution in [2.75, 3.05) is 26.2 Å². The Morgan fingerprint density at radius 2 is 1.85 bits per heavy atom. The molecule has 142 valence electrons. The summed E-state index contributed by atoms with van der Waals surface area (Å²) in [6.07, 6.45) is 3.14. The van der Waals surface area contributed by atoms with Crippen LogP contribution in [0.2, 0.25) is 0 Å². The molecule has 4 rings (SSSR count). The number of fused-ring (bicyclic) bond motifs is 1. The molecule has 0 radical (unpaired) electrons. The Kier molecular flexibility index (Phi) is 5.17. The summed E-state index contributed by atoms with van der Waals surface area (Å²) >= 11 is 0. The molecule has 1 fully saturated rings. The number of carbonyl (C=O) groups excluding carboxylic acids is 1. The molecule has 0 aliphatic carbocycles. The van der Waals surface area contributed by atoms with Crippen LogP contribution in [0.4, 0.5) is 0 Å². The Morgan fingerprint density at radius 1 is 1.07 bits per heavy atom. The van der Waals surface area contributed by atoms with Gasteiger partial charge in [-0.25, -0.2) is 0 Å². The molecule has 1 atom stereocenters. The van der Waals surface area contributed by atoms with Gasteiger partial charge >= 0.3 is 0 Å². The first-order valence-electron chi connectivity index (χ1n) is 9.92. The molecular weight excluding hydrogens is 336 g/mol. The predicted octanol–water partition coefficient (Wildman–Crippen LogP) is 3.50. The van der Waals surface area contributed by atoms with Gasteiger partial charge in [-0.3, -0.25) is 9.69 Å². The van der Waals surface area contributed by atoms with Crippen molar-refractivity contribution in [1.82, 2.24) is 9.80 Å². The van der Waals surface area contributed by atoms with Gasteiger partial charge in [-0.1, -0.05) is 48.5 Å². The van der Waals surface area contributed by atoms with Crippen LogP contribution in [0.3, 0.4) is 0 Å². The zero-order valence-corrected chi connectivity index (χ0v) is 16.1. The zero-order chi connectivity index (χ0) is 18.7. The number of hydrogen-bond acceptors (Lipinski definition) is 3. The zero-order valence-electron chi connectivity index (χ0n) is 16.1. The van der Waals surface area contributed by atoms with Gasteiger partial charge in [0.25, 0.3) is 0 Å². The number of piperidine rings is 1. The second-order valence-corrected chi connectivity index (χ2v) is 7.88. The van der Waals surface area contributed by atoms with Crippen LogP contribution in [0, 0.1) is 0 Å². The molecule has 4 nitrogen and oxygen atoms in total. The van der Waals surface area contributed by atoms with Gasteiger partial charge in [-0.05, 0) is 37.4 Å². The fourth-order valence-electron chi connectivity index (χ4n) is 4.36. The van der Waals surface area contributed by atoms with Gasteiger partial charge in [0.2, 0.25) is 5.91 Å². The number of hydrogen-bond donors (Lipinski definition) is 0. The molecule has 2 aliphatic heterocycles. The summed E-state index contributed by atoms with van der Waals surface area (Å²) in [5, 5.41) is 0. The molecule has 0 aromatic heterocycles. The number of benzene rings is 2. The molecule has 2 aromatic carbocycles. The summed E-state index contributed by atoms with van der Waals surface area (Å²) in [6.45, 7) is 5.96. The molecule has 1 saturated heterocycles. The van der Waals surface area contributed by atoms with Gasteiger partial charge in [-0.2, -0.15) is 0 Å². The van der Waals surface area contributed by atoms with Crippen molar-refractivity contribution in [3.05, 3.63) is 65.7 Å². The second kappa shape index (κ2) is 7.73. The topological polar surface area (TPSA) is 32.8 Å². The van der Waals surface area contributed by atoms with Crippen molar-refractivity contribution in [1.29, 1.82) is 0 Å². The largest absolute Gasteiger partial charge is 0.484 e.